The molecule has 194 valence electrons. The fourth-order valence-corrected chi connectivity index (χ4v) is 6.94. The molecule has 0 fully saturated rings. The van der Waals surface area contributed by atoms with Crippen LogP contribution in [0.1, 0.15) is 72.5 Å². The summed E-state index contributed by atoms with van der Waals surface area (Å²) in [5.74, 6) is -1.11. The van der Waals surface area contributed by atoms with Crippen LogP contribution in [0.25, 0.3) is 22.3 Å². The molecule has 2 atom stereocenters. The average molecular weight is 617 g/mol. The highest BCUT2D eigenvalue weighted by atomic mass is 127. The highest BCUT2D eigenvalue weighted by Crippen LogP contribution is 2.45. The van der Waals surface area contributed by atoms with E-state index in [9.17, 15) is 14.0 Å². The van der Waals surface area contributed by atoms with Crippen LogP contribution in [0.2, 0.25) is 0 Å². The van der Waals surface area contributed by atoms with Gasteiger partial charge in [-0.1, -0.05) is 13.8 Å². The zero-order chi connectivity index (χ0) is 26.2. The Labute approximate surface area is 228 Å². The minimum atomic E-state index is -0.520. The van der Waals surface area contributed by atoms with Crippen LogP contribution in [0, 0.1) is 18.2 Å². The minimum absolute atomic E-state index is 0.0110. The molecule has 0 unspecified atom stereocenters. The Hall–Kier alpha value is -2.37. The number of aryl methyl sites for hydroxylation is 1. The lowest BCUT2D eigenvalue weighted by Gasteiger charge is -2.33. The number of carbonyl (C=O) groups is 1. The third-order valence-corrected chi connectivity index (χ3v) is 8.53. The molecule has 37 heavy (non-hydrogen) atoms. The molecule has 6 rings (SSSR count). The Morgan fingerprint density at radius 2 is 2.05 bits per heavy atom. The standard InChI is InChI=1S/C28H29FIN3O4/c1-13-15-5-6-20(31-11-28(3,4)12-37-30)24-17-9-33-22(25(17)32-21(23(15)24)8-19(13)29)7-16-14(2)27(35)36-10-18(16)26(33)34/h7-8,14,20,31H,5-6,9-12H2,1-4H3/t14-,20-/m0/s1. The Kier molecular flexibility index (Phi) is 5.96. The van der Waals surface area contributed by atoms with Gasteiger partial charge in [0.2, 0.25) is 0 Å². The first-order valence-corrected chi connectivity index (χ1v) is 13.5. The second-order valence-electron chi connectivity index (χ2n) is 11.3. The van der Waals surface area contributed by atoms with E-state index in [0.717, 1.165) is 41.5 Å². The van der Waals surface area contributed by atoms with Gasteiger partial charge in [-0.2, -0.15) is 0 Å². The van der Waals surface area contributed by atoms with Crippen LogP contribution in [-0.2, 0) is 32.2 Å². The van der Waals surface area contributed by atoms with Gasteiger partial charge in [0.25, 0.3) is 5.56 Å². The third kappa shape index (κ3) is 3.84. The molecule has 0 spiro atoms. The Bertz CT molecular complexity index is 1550. The molecule has 2 aromatic heterocycles. The number of nitrogens with zero attached hydrogens (tertiary/aromatic N) is 2. The number of cyclic esters (lactones) is 1. The third-order valence-electron chi connectivity index (χ3n) is 8.22. The molecule has 2 aliphatic heterocycles. The van der Waals surface area contributed by atoms with E-state index in [4.69, 9.17) is 12.8 Å². The lowest BCUT2D eigenvalue weighted by Crippen LogP contribution is -2.36. The van der Waals surface area contributed by atoms with E-state index in [1.165, 1.54) is 6.07 Å². The molecule has 1 aromatic carbocycles. The van der Waals surface area contributed by atoms with Gasteiger partial charge < -0.3 is 17.7 Å². The number of rotatable bonds is 5. The first-order chi connectivity index (χ1) is 17.6. The molecule has 0 amide bonds. The lowest BCUT2D eigenvalue weighted by molar-refractivity contribution is -0.147. The second-order valence-corrected chi connectivity index (χ2v) is 11.9. The van der Waals surface area contributed by atoms with E-state index in [2.05, 4.69) is 19.2 Å². The first kappa shape index (κ1) is 24.9. The molecular formula is C28H29FIN3O4. The summed E-state index contributed by atoms with van der Waals surface area (Å²) in [5.41, 5.74) is 6.78. The minimum Gasteiger partial charge on any atom is -0.460 e. The largest absolute Gasteiger partial charge is 0.460 e. The van der Waals surface area contributed by atoms with E-state index in [-0.39, 0.29) is 35.4 Å². The SMILES string of the molecule is Cc1c(F)cc2nc3c(c4c2c1CC[C@@H]4NCC(C)(C)COI)Cn1c-3cc2c(c1=O)COC(=O)[C@H]2C. The normalized spacial score (nSPS) is 20.0. The van der Waals surface area contributed by atoms with Crippen LogP contribution < -0.4 is 10.9 Å². The molecular weight excluding hydrogens is 588 g/mol. The molecule has 0 saturated carbocycles. The molecule has 9 heteroatoms. The number of esters is 1. The number of benzene rings is 1. The van der Waals surface area contributed by atoms with E-state index in [1.54, 1.807) is 11.5 Å². The number of aromatic nitrogens is 2. The zero-order valence-electron chi connectivity index (χ0n) is 21.3. The van der Waals surface area contributed by atoms with Crippen LogP contribution >= 0.6 is 23.0 Å². The van der Waals surface area contributed by atoms with Crippen molar-refractivity contribution in [2.75, 3.05) is 13.2 Å². The van der Waals surface area contributed by atoms with Crippen molar-refractivity contribution in [1.29, 1.82) is 0 Å². The van der Waals surface area contributed by atoms with E-state index < -0.39 is 5.92 Å². The number of halogens is 2. The summed E-state index contributed by atoms with van der Waals surface area (Å²) in [6.45, 7) is 9.65. The van der Waals surface area contributed by atoms with Crippen molar-refractivity contribution in [1.82, 2.24) is 14.9 Å². The van der Waals surface area contributed by atoms with Crippen LogP contribution in [0.5, 0.6) is 0 Å². The molecule has 7 nitrogen and oxygen atoms in total. The summed E-state index contributed by atoms with van der Waals surface area (Å²) >= 11 is 1.93. The van der Waals surface area contributed by atoms with Gasteiger partial charge in [-0.15, -0.1) is 0 Å². The van der Waals surface area contributed by atoms with Crippen molar-refractivity contribution >= 4 is 39.9 Å². The molecule has 1 N–H and O–H groups in total. The summed E-state index contributed by atoms with van der Waals surface area (Å²) in [6.07, 6.45) is 1.58. The van der Waals surface area contributed by atoms with Crippen molar-refractivity contribution in [3.8, 4) is 11.4 Å². The summed E-state index contributed by atoms with van der Waals surface area (Å²) in [4.78, 5) is 30.8. The zero-order valence-corrected chi connectivity index (χ0v) is 23.5. The molecule has 0 bridgehead atoms. The van der Waals surface area contributed by atoms with Crippen LogP contribution in [0.15, 0.2) is 16.9 Å². The fraction of sp³-hybridized carbons (Fsp3) is 0.464. The van der Waals surface area contributed by atoms with Gasteiger partial charge in [-0.3, -0.25) is 9.59 Å². The number of fused-ring (bicyclic) bond motifs is 5. The second kappa shape index (κ2) is 8.84. The number of carbonyl (C=O) groups excluding carboxylic acids is 1. The number of nitrogens with one attached hydrogen (secondary N) is 1. The van der Waals surface area contributed by atoms with Crippen molar-refractivity contribution in [2.24, 2.45) is 5.41 Å². The lowest BCUT2D eigenvalue weighted by atomic mass is 9.81. The van der Waals surface area contributed by atoms with Gasteiger partial charge in [0.05, 0.1) is 41.5 Å². The Morgan fingerprint density at radius 3 is 2.81 bits per heavy atom. The monoisotopic (exact) mass is 617 g/mol. The van der Waals surface area contributed by atoms with Crippen LogP contribution in [-0.4, -0.2) is 28.7 Å². The highest BCUT2D eigenvalue weighted by Gasteiger charge is 2.37. The smallest absolute Gasteiger partial charge is 0.313 e. The first-order valence-electron chi connectivity index (χ1n) is 12.7. The quantitative estimate of drug-likeness (QED) is 0.251. The number of hydrogen-bond donors (Lipinski definition) is 1. The van der Waals surface area contributed by atoms with Crippen LogP contribution in [0.4, 0.5) is 4.39 Å². The fourth-order valence-electron chi connectivity index (χ4n) is 6.09. The Morgan fingerprint density at radius 1 is 1.27 bits per heavy atom. The van der Waals surface area contributed by atoms with Crippen molar-refractivity contribution < 1.29 is 17.0 Å². The highest BCUT2D eigenvalue weighted by molar-refractivity contribution is 14.1. The summed E-state index contributed by atoms with van der Waals surface area (Å²) in [6, 6.07) is 3.47. The van der Waals surface area contributed by atoms with Crippen molar-refractivity contribution in [3.05, 3.63) is 61.7 Å². The molecule has 0 radical (unpaired) electrons. The molecule has 1 aliphatic carbocycles. The maximum Gasteiger partial charge on any atom is 0.313 e. The number of pyridine rings is 2. The van der Waals surface area contributed by atoms with Gasteiger partial charge in [0.1, 0.15) is 35.4 Å². The van der Waals surface area contributed by atoms with E-state index in [0.29, 0.717) is 46.7 Å². The Balaban J connectivity index is 1.56. The van der Waals surface area contributed by atoms with Crippen molar-refractivity contribution in [3.63, 3.8) is 0 Å². The predicted octanol–water partition coefficient (Wildman–Crippen LogP) is 5.00. The van der Waals surface area contributed by atoms with Gasteiger partial charge in [-0.25, -0.2) is 9.37 Å². The van der Waals surface area contributed by atoms with E-state index >= 15 is 0 Å². The van der Waals surface area contributed by atoms with Crippen molar-refractivity contribution in [2.45, 2.75) is 65.6 Å². The van der Waals surface area contributed by atoms with Gasteiger partial charge >= 0.3 is 5.97 Å². The number of hydrogen-bond acceptors (Lipinski definition) is 6. The van der Waals surface area contributed by atoms with Crippen LogP contribution in [0.3, 0.4) is 0 Å². The van der Waals surface area contributed by atoms with Gasteiger partial charge in [-0.05, 0) is 55.0 Å². The maximum atomic E-state index is 15.0. The molecule has 3 aromatic rings. The van der Waals surface area contributed by atoms with E-state index in [1.807, 2.05) is 36.0 Å². The summed E-state index contributed by atoms with van der Waals surface area (Å²) in [7, 11) is 0. The summed E-state index contributed by atoms with van der Waals surface area (Å²) < 4.78 is 27.4. The summed E-state index contributed by atoms with van der Waals surface area (Å²) in [5, 5.41) is 4.77. The predicted molar refractivity (Wildman–Crippen MR) is 146 cm³/mol. The molecule has 3 aliphatic rings. The molecule has 0 saturated heterocycles. The molecule has 4 heterocycles. The van der Waals surface area contributed by atoms with Gasteiger partial charge in [0.15, 0.2) is 0 Å². The number of ether oxygens (including phenoxy) is 1. The van der Waals surface area contributed by atoms with Gasteiger partial charge in [0, 0.05) is 35.0 Å². The topological polar surface area (TPSA) is 82.5 Å². The maximum absolute atomic E-state index is 15.0. The average Bonchev–Trinajstić information content (AvgIpc) is 3.22.